The molecule has 0 spiro atoms. The Bertz CT molecular complexity index is 284. The molecule has 0 heterocycles. The number of hydrogen-bond donors (Lipinski definition) is 1. The predicted octanol–water partition coefficient (Wildman–Crippen LogP) is 2.88. The Balaban J connectivity index is 2.18. The van der Waals surface area contributed by atoms with Gasteiger partial charge in [-0.05, 0) is 31.4 Å². The zero-order valence-electron chi connectivity index (χ0n) is 11.3. The van der Waals surface area contributed by atoms with Crippen LogP contribution in [0.1, 0.15) is 25.8 Å². The molecule has 1 unspecified atom stereocenters. The zero-order valence-corrected chi connectivity index (χ0v) is 11.3. The van der Waals surface area contributed by atoms with E-state index in [4.69, 9.17) is 4.74 Å². The van der Waals surface area contributed by atoms with Gasteiger partial charge in [0.2, 0.25) is 0 Å². The minimum absolute atomic E-state index is 0.329. The summed E-state index contributed by atoms with van der Waals surface area (Å²) in [5.74, 6) is 0.569. The van der Waals surface area contributed by atoms with Crippen molar-refractivity contribution in [2.45, 2.75) is 32.8 Å². The van der Waals surface area contributed by atoms with E-state index in [0.29, 0.717) is 12.0 Å². The molecule has 2 heteroatoms. The Morgan fingerprint density at radius 1 is 1.18 bits per heavy atom. The Morgan fingerprint density at radius 2 is 1.88 bits per heavy atom. The van der Waals surface area contributed by atoms with E-state index in [1.54, 1.807) is 0 Å². The summed E-state index contributed by atoms with van der Waals surface area (Å²) in [6.45, 7) is 6.20. The fraction of sp³-hybridized carbons (Fsp3) is 0.600. The van der Waals surface area contributed by atoms with Crippen LogP contribution in [-0.2, 0) is 11.2 Å². The van der Waals surface area contributed by atoms with E-state index >= 15 is 0 Å². The smallest absolute Gasteiger partial charge is 0.0722 e. The molecule has 0 bridgehead atoms. The van der Waals surface area contributed by atoms with Crippen LogP contribution in [0.25, 0.3) is 0 Å². The number of likely N-dealkylation sites (N-methyl/N-ethyl adjacent to an activating group) is 1. The molecule has 0 aliphatic rings. The molecule has 1 atom stereocenters. The van der Waals surface area contributed by atoms with Crippen molar-refractivity contribution in [2.24, 2.45) is 5.92 Å². The van der Waals surface area contributed by atoms with Gasteiger partial charge < -0.3 is 10.1 Å². The summed E-state index contributed by atoms with van der Waals surface area (Å²) in [6, 6.07) is 10.6. The quantitative estimate of drug-likeness (QED) is 0.700. The number of nitrogens with one attached hydrogen (secondary N) is 1. The summed E-state index contributed by atoms with van der Waals surface area (Å²) in [5, 5.41) is 3.18. The summed E-state index contributed by atoms with van der Waals surface area (Å²) in [5.41, 5.74) is 1.39. The first-order valence-corrected chi connectivity index (χ1v) is 6.54. The maximum atomic E-state index is 5.90. The van der Waals surface area contributed by atoms with E-state index in [9.17, 15) is 0 Å². The van der Waals surface area contributed by atoms with Gasteiger partial charge in [0.05, 0.1) is 6.10 Å². The number of hydrogen-bond acceptors (Lipinski definition) is 2. The zero-order chi connectivity index (χ0) is 12.5. The molecule has 0 amide bonds. The van der Waals surface area contributed by atoms with Crippen LogP contribution in [0.2, 0.25) is 0 Å². The first-order valence-electron chi connectivity index (χ1n) is 6.54. The molecule has 0 saturated carbocycles. The van der Waals surface area contributed by atoms with Gasteiger partial charge in [-0.2, -0.15) is 0 Å². The van der Waals surface area contributed by atoms with Crippen LogP contribution in [0.5, 0.6) is 0 Å². The molecule has 0 aliphatic heterocycles. The van der Waals surface area contributed by atoms with Gasteiger partial charge in [-0.25, -0.2) is 0 Å². The van der Waals surface area contributed by atoms with Crippen molar-refractivity contribution in [2.75, 3.05) is 20.2 Å². The monoisotopic (exact) mass is 235 g/mol. The Kier molecular flexibility index (Phi) is 6.90. The van der Waals surface area contributed by atoms with Crippen LogP contribution in [0, 0.1) is 5.92 Å². The highest BCUT2D eigenvalue weighted by molar-refractivity contribution is 5.14. The molecule has 0 aliphatic carbocycles. The highest BCUT2D eigenvalue weighted by Gasteiger charge is 2.12. The molecule has 0 fully saturated rings. The molecule has 1 N–H and O–H groups in total. The SMILES string of the molecule is CNCC(OCCCc1ccccc1)C(C)C. The van der Waals surface area contributed by atoms with E-state index in [1.165, 1.54) is 5.56 Å². The fourth-order valence-corrected chi connectivity index (χ4v) is 1.84. The van der Waals surface area contributed by atoms with Crippen LogP contribution in [0.4, 0.5) is 0 Å². The van der Waals surface area contributed by atoms with Crippen molar-refractivity contribution in [3.05, 3.63) is 35.9 Å². The molecule has 1 aromatic carbocycles. The van der Waals surface area contributed by atoms with Crippen molar-refractivity contribution in [3.8, 4) is 0 Å². The average Bonchev–Trinajstić information content (AvgIpc) is 2.34. The van der Waals surface area contributed by atoms with Crippen molar-refractivity contribution in [1.82, 2.24) is 5.32 Å². The van der Waals surface area contributed by atoms with Crippen molar-refractivity contribution >= 4 is 0 Å². The second-order valence-electron chi connectivity index (χ2n) is 4.80. The first-order chi connectivity index (χ1) is 8.24. The Labute approximate surface area is 105 Å². The van der Waals surface area contributed by atoms with Crippen LogP contribution >= 0.6 is 0 Å². The van der Waals surface area contributed by atoms with E-state index in [2.05, 4.69) is 49.5 Å². The van der Waals surface area contributed by atoms with Gasteiger partial charge in [-0.15, -0.1) is 0 Å². The van der Waals surface area contributed by atoms with E-state index in [1.807, 2.05) is 7.05 Å². The molecule has 0 saturated heterocycles. The van der Waals surface area contributed by atoms with Crippen LogP contribution in [-0.4, -0.2) is 26.3 Å². The molecular weight excluding hydrogens is 210 g/mol. The van der Waals surface area contributed by atoms with Gasteiger partial charge in [0.25, 0.3) is 0 Å². The lowest BCUT2D eigenvalue weighted by Gasteiger charge is -2.21. The van der Waals surface area contributed by atoms with Gasteiger partial charge in [0, 0.05) is 13.2 Å². The molecule has 96 valence electrons. The van der Waals surface area contributed by atoms with Gasteiger partial charge in [-0.3, -0.25) is 0 Å². The lowest BCUT2D eigenvalue weighted by Crippen LogP contribution is -2.31. The van der Waals surface area contributed by atoms with E-state index < -0.39 is 0 Å². The largest absolute Gasteiger partial charge is 0.377 e. The average molecular weight is 235 g/mol. The third-order valence-corrected chi connectivity index (χ3v) is 2.93. The van der Waals surface area contributed by atoms with Gasteiger partial charge >= 0.3 is 0 Å². The standard InChI is InChI=1S/C15H25NO/c1-13(2)15(12-16-3)17-11-7-10-14-8-5-4-6-9-14/h4-6,8-9,13,15-16H,7,10-12H2,1-3H3. The third kappa shape index (κ3) is 5.85. The highest BCUT2D eigenvalue weighted by atomic mass is 16.5. The lowest BCUT2D eigenvalue weighted by molar-refractivity contribution is 0.0230. The minimum Gasteiger partial charge on any atom is -0.377 e. The van der Waals surface area contributed by atoms with Crippen molar-refractivity contribution < 1.29 is 4.74 Å². The summed E-state index contributed by atoms with van der Waals surface area (Å²) in [7, 11) is 1.97. The third-order valence-electron chi connectivity index (χ3n) is 2.93. The summed E-state index contributed by atoms with van der Waals surface area (Å²) in [4.78, 5) is 0. The van der Waals surface area contributed by atoms with Crippen LogP contribution in [0.15, 0.2) is 30.3 Å². The summed E-state index contributed by atoms with van der Waals surface area (Å²) >= 11 is 0. The van der Waals surface area contributed by atoms with Gasteiger partial charge in [0.1, 0.15) is 0 Å². The fourth-order valence-electron chi connectivity index (χ4n) is 1.84. The maximum Gasteiger partial charge on any atom is 0.0722 e. The molecule has 1 aromatic rings. The predicted molar refractivity (Wildman–Crippen MR) is 73.3 cm³/mol. The molecule has 1 rings (SSSR count). The van der Waals surface area contributed by atoms with E-state index in [-0.39, 0.29) is 0 Å². The second-order valence-corrected chi connectivity index (χ2v) is 4.80. The maximum absolute atomic E-state index is 5.90. The topological polar surface area (TPSA) is 21.3 Å². The van der Waals surface area contributed by atoms with Gasteiger partial charge in [-0.1, -0.05) is 44.2 Å². The normalized spacial score (nSPS) is 12.9. The lowest BCUT2D eigenvalue weighted by atomic mass is 10.1. The first kappa shape index (κ1) is 14.2. The molecule has 17 heavy (non-hydrogen) atoms. The Hall–Kier alpha value is -0.860. The molecule has 0 aromatic heterocycles. The van der Waals surface area contributed by atoms with Gasteiger partial charge in [0.15, 0.2) is 0 Å². The van der Waals surface area contributed by atoms with Crippen molar-refractivity contribution in [1.29, 1.82) is 0 Å². The minimum atomic E-state index is 0.329. The molecular formula is C15H25NO. The van der Waals surface area contributed by atoms with Crippen LogP contribution < -0.4 is 5.32 Å². The van der Waals surface area contributed by atoms with Crippen LogP contribution in [0.3, 0.4) is 0 Å². The molecule has 0 radical (unpaired) electrons. The van der Waals surface area contributed by atoms with Crippen molar-refractivity contribution in [3.63, 3.8) is 0 Å². The number of ether oxygens (including phenoxy) is 1. The summed E-state index contributed by atoms with van der Waals surface area (Å²) in [6.07, 6.45) is 2.53. The second kappa shape index (κ2) is 8.26. The number of aryl methyl sites for hydroxylation is 1. The molecule has 2 nitrogen and oxygen atoms in total. The highest BCUT2D eigenvalue weighted by Crippen LogP contribution is 2.08. The number of benzene rings is 1. The summed E-state index contributed by atoms with van der Waals surface area (Å²) < 4.78 is 5.90. The Morgan fingerprint density at radius 3 is 2.47 bits per heavy atom. The number of rotatable bonds is 8. The van der Waals surface area contributed by atoms with E-state index in [0.717, 1.165) is 26.0 Å².